The van der Waals surface area contributed by atoms with Crippen molar-refractivity contribution in [2.45, 2.75) is 62.1 Å². The highest BCUT2D eigenvalue weighted by atomic mass is 32.2. The van der Waals surface area contributed by atoms with Gasteiger partial charge >= 0.3 is 0 Å². The molecule has 28 heavy (non-hydrogen) atoms. The smallest absolute Gasteiger partial charge is 0.269 e. The molecule has 1 aliphatic heterocycles. The van der Waals surface area contributed by atoms with Crippen LogP contribution < -0.4 is 5.32 Å². The van der Waals surface area contributed by atoms with E-state index in [1.54, 1.807) is 0 Å². The van der Waals surface area contributed by atoms with Gasteiger partial charge in [0.2, 0.25) is 15.9 Å². The number of β-amino-alcohol motifs (C(OH)–C–C–N with tert-alkyl or cyclic N) is 1. The lowest BCUT2D eigenvalue weighted by Crippen LogP contribution is -2.49. The zero-order valence-electron chi connectivity index (χ0n) is 15.7. The fraction of sp³-hybridized carbons (Fsp3) is 0.611. The molecule has 3 rings (SSSR count). The molecule has 0 spiro atoms. The number of aliphatic hydroxyl groups excluding tert-OH is 1. The molecule has 0 radical (unpaired) electrons. The van der Waals surface area contributed by atoms with Crippen LogP contribution in [0.3, 0.4) is 0 Å². The Kier molecular flexibility index (Phi) is 6.01. The summed E-state index contributed by atoms with van der Waals surface area (Å²) < 4.78 is 27.0. The summed E-state index contributed by atoms with van der Waals surface area (Å²) in [5, 5.41) is 23.7. The molecule has 9 nitrogen and oxygen atoms in total. The van der Waals surface area contributed by atoms with E-state index in [0.717, 1.165) is 54.3 Å². The van der Waals surface area contributed by atoms with Gasteiger partial charge in [-0.25, -0.2) is 8.42 Å². The topological polar surface area (TPSA) is 130 Å². The van der Waals surface area contributed by atoms with Crippen LogP contribution in [0.4, 0.5) is 5.69 Å². The Labute approximate surface area is 163 Å². The number of benzene rings is 1. The summed E-state index contributed by atoms with van der Waals surface area (Å²) >= 11 is 0. The van der Waals surface area contributed by atoms with E-state index in [4.69, 9.17) is 0 Å². The maximum Gasteiger partial charge on any atom is 0.269 e. The van der Waals surface area contributed by atoms with Crippen LogP contribution in [0.5, 0.6) is 0 Å². The fourth-order valence-corrected chi connectivity index (χ4v) is 5.50. The number of sulfonamides is 1. The van der Waals surface area contributed by atoms with Gasteiger partial charge in [-0.3, -0.25) is 14.9 Å². The molecule has 0 aromatic heterocycles. The Morgan fingerprint density at radius 2 is 1.82 bits per heavy atom. The summed E-state index contributed by atoms with van der Waals surface area (Å²) in [7, 11) is -4.07. The summed E-state index contributed by atoms with van der Waals surface area (Å²) in [4.78, 5) is 22.8. The molecular formula is C18H25N3O6S. The standard InChI is InChI=1S/C18H25N3O6S/c1-12-2-4-13(5-3-12)19-18(23)17-10-15(22)11-20(17)28(26,27)16-8-6-14(7-9-16)21(24)25/h6-9,12-13,15,17,22H,2-5,10-11H2,1H3,(H,19,23)/t12?,13?,15-,17+/m0/s1. The molecule has 1 heterocycles. The summed E-state index contributed by atoms with van der Waals surface area (Å²) in [5.74, 6) is 0.224. The summed E-state index contributed by atoms with van der Waals surface area (Å²) in [6.07, 6.45) is 2.84. The molecular weight excluding hydrogens is 386 g/mol. The Balaban J connectivity index is 1.76. The minimum atomic E-state index is -4.07. The average molecular weight is 411 g/mol. The van der Waals surface area contributed by atoms with Crippen LogP contribution in [0.25, 0.3) is 0 Å². The van der Waals surface area contributed by atoms with Crippen LogP contribution >= 0.6 is 0 Å². The largest absolute Gasteiger partial charge is 0.392 e. The monoisotopic (exact) mass is 411 g/mol. The van der Waals surface area contributed by atoms with Crippen molar-refractivity contribution in [2.75, 3.05) is 6.54 Å². The average Bonchev–Trinajstić information content (AvgIpc) is 3.06. The van der Waals surface area contributed by atoms with Gasteiger partial charge < -0.3 is 10.4 Å². The molecule has 2 atom stereocenters. The predicted molar refractivity (Wildman–Crippen MR) is 101 cm³/mol. The zero-order chi connectivity index (χ0) is 20.5. The van der Waals surface area contributed by atoms with E-state index in [9.17, 15) is 28.4 Å². The van der Waals surface area contributed by atoms with Crippen molar-refractivity contribution >= 4 is 21.6 Å². The molecule has 2 N–H and O–H groups in total. The molecule has 1 aliphatic carbocycles. The number of carbonyl (C=O) groups is 1. The van der Waals surface area contributed by atoms with Crippen molar-refractivity contribution in [1.82, 2.24) is 9.62 Å². The normalized spacial score (nSPS) is 28.8. The number of nitro benzene ring substituents is 1. The van der Waals surface area contributed by atoms with Crippen molar-refractivity contribution in [3.05, 3.63) is 34.4 Å². The van der Waals surface area contributed by atoms with E-state index in [2.05, 4.69) is 12.2 Å². The van der Waals surface area contributed by atoms with E-state index in [-0.39, 0.29) is 29.6 Å². The number of hydrogen-bond donors (Lipinski definition) is 2. The minimum Gasteiger partial charge on any atom is -0.392 e. The third-order valence-electron chi connectivity index (χ3n) is 5.55. The molecule has 10 heteroatoms. The Bertz CT molecular complexity index is 833. The lowest BCUT2D eigenvalue weighted by atomic mass is 9.87. The van der Waals surface area contributed by atoms with Crippen LogP contribution in [0.2, 0.25) is 0 Å². The molecule has 1 amide bonds. The number of nitrogens with zero attached hydrogens (tertiary/aromatic N) is 2. The lowest BCUT2D eigenvalue weighted by molar-refractivity contribution is -0.384. The highest BCUT2D eigenvalue weighted by Crippen LogP contribution is 2.29. The van der Waals surface area contributed by atoms with Gasteiger partial charge in [0.1, 0.15) is 6.04 Å². The van der Waals surface area contributed by atoms with E-state index < -0.39 is 33.0 Å². The highest BCUT2D eigenvalue weighted by molar-refractivity contribution is 7.89. The fourth-order valence-electron chi connectivity index (χ4n) is 3.87. The Morgan fingerprint density at radius 3 is 2.39 bits per heavy atom. The second-order valence-corrected chi connectivity index (χ2v) is 9.59. The number of nitro groups is 1. The minimum absolute atomic E-state index is 0.0189. The molecule has 2 aliphatic rings. The molecule has 0 unspecified atom stereocenters. The van der Waals surface area contributed by atoms with Crippen molar-refractivity contribution in [3.63, 3.8) is 0 Å². The molecule has 1 aromatic carbocycles. The first kappa shape index (κ1) is 20.7. The second kappa shape index (κ2) is 8.14. The van der Waals surface area contributed by atoms with Crippen LogP contribution in [-0.4, -0.2) is 53.4 Å². The zero-order valence-corrected chi connectivity index (χ0v) is 16.5. The SMILES string of the molecule is CC1CCC(NC(=O)[C@H]2C[C@H](O)CN2S(=O)(=O)c2ccc([N+](=O)[O-])cc2)CC1. The number of non-ortho nitro benzene ring substituents is 1. The first-order valence-corrected chi connectivity index (χ1v) is 10.9. The van der Waals surface area contributed by atoms with E-state index in [1.807, 2.05) is 0 Å². The van der Waals surface area contributed by atoms with Crippen molar-refractivity contribution in [2.24, 2.45) is 5.92 Å². The third-order valence-corrected chi connectivity index (χ3v) is 7.44. The van der Waals surface area contributed by atoms with E-state index in [0.29, 0.717) is 5.92 Å². The maximum atomic E-state index is 13.0. The van der Waals surface area contributed by atoms with Gasteiger partial charge in [-0.05, 0) is 43.7 Å². The Hall–Kier alpha value is -2.04. The lowest BCUT2D eigenvalue weighted by Gasteiger charge is -2.29. The summed E-state index contributed by atoms with van der Waals surface area (Å²) in [5.41, 5.74) is -0.221. The van der Waals surface area contributed by atoms with E-state index in [1.165, 1.54) is 0 Å². The second-order valence-electron chi connectivity index (χ2n) is 7.70. The Morgan fingerprint density at radius 1 is 1.21 bits per heavy atom. The van der Waals surface area contributed by atoms with E-state index >= 15 is 0 Å². The molecule has 0 bridgehead atoms. The summed E-state index contributed by atoms with van der Waals surface area (Å²) in [6.45, 7) is 1.99. The van der Waals surface area contributed by atoms with Crippen molar-refractivity contribution in [1.29, 1.82) is 0 Å². The number of aliphatic hydroxyl groups is 1. The highest BCUT2D eigenvalue weighted by Gasteiger charge is 2.44. The van der Waals surface area contributed by atoms with Crippen LogP contribution in [0.1, 0.15) is 39.0 Å². The van der Waals surface area contributed by atoms with Gasteiger partial charge in [0.25, 0.3) is 5.69 Å². The first-order valence-electron chi connectivity index (χ1n) is 9.43. The van der Waals surface area contributed by atoms with Crippen LogP contribution in [0, 0.1) is 16.0 Å². The quantitative estimate of drug-likeness (QED) is 0.557. The molecule has 1 saturated heterocycles. The number of amides is 1. The van der Waals surface area contributed by atoms with Crippen molar-refractivity contribution < 1.29 is 23.2 Å². The van der Waals surface area contributed by atoms with Crippen molar-refractivity contribution in [3.8, 4) is 0 Å². The van der Waals surface area contributed by atoms with Gasteiger partial charge in [0.15, 0.2) is 0 Å². The van der Waals surface area contributed by atoms with Gasteiger partial charge in [0, 0.05) is 31.1 Å². The number of nitrogens with one attached hydrogen (secondary N) is 1. The van der Waals surface area contributed by atoms with Crippen LogP contribution in [0.15, 0.2) is 29.2 Å². The maximum absolute atomic E-state index is 13.0. The third kappa shape index (κ3) is 4.34. The first-order chi connectivity index (χ1) is 13.2. The predicted octanol–water partition coefficient (Wildman–Crippen LogP) is 1.41. The number of hydrogen-bond acceptors (Lipinski definition) is 6. The summed E-state index contributed by atoms with van der Waals surface area (Å²) in [6, 6.07) is 3.54. The number of carbonyl (C=O) groups excluding carboxylic acids is 1. The molecule has 154 valence electrons. The number of rotatable bonds is 5. The van der Waals surface area contributed by atoms with Gasteiger partial charge in [-0.15, -0.1) is 0 Å². The molecule has 2 fully saturated rings. The molecule has 1 aromatic rings. The van der Waals surface area contributed by atoms with Gasteiger partial charge in [0.05, 0.1) is 15.9 Å². The van der Waals surface area contributed by atoms with Gasteiger partial charge in [-0.2, -0.15) is 4.31 Å². The molecule has 1 saturated carbocycles. The van der Waals surface area contributed by atoms with Crippen LogP contribution in [-0.2, 0) is 14.8 Å². The van der Waals surface area contributed by atoms with Gasteiger partial charge in [-0.1, -0.05) is 6.92 Å².